The van der Waals surface area contributed by atoms with E-state index in [4.69, 9.17) is 10.4 Å². The zero-order chi connectivity index (χ0) is 17.3. The maximum Gasteiger partial charge on any atom is 0.419 e. The minimum Gasteiger partial charge on any atom is -0.357 e. The number of nitriles is 1. The smallest absolute Gasteiger partial charge is 0.357 e. The van der Waals surface area contributed by atoms with Gasteiger partial charge in [0.25, 0.3) is 0 Å². The molecule has 1 aromatic heterocycles. The summed E-state index contributed by atoms with van der Waals surface area (Å²) in [5.41, 5.74) is -1.73. The van der Waals surface area contributed by atoms with Gasteiger partial charge in [-0.2, -0.15) is 18.4 Å². The lowest BCUT2D eigenvalue weighted by Crippen LogP contribution is -2.37. The summed E-state index contributed by atoms with van der Waals surface area (Å²) in [5, 5.41) is 13.9. The molecule has 0 spiro atoms. The standard InChI is InChI=1S/C13H15F3N4O2S/c14-13(15,16)10-1-2-12(19-11(10)7-17)20-5-3-9(4-6-20)8-23(18,21)22/h1-2,9H,3-6,8H2,(H2,18,21,22). The number of sulfonamides is 1. The first kappa shape index (κ1) is 17.5. The summed E-state index contributed by atoms with van der Waals surface area (Å²) in [6, 6.07) is 3.54. The maximum absolute atomic E-state index is 12.7. The molecule has 0 aromatic carbocycles. The minimum atomic E-state index is -4.63. The third-order valence-corrected chi connectivity index (χ3v) is 4.63. The van der Waals surface area contributed by atoms with E-state index in [1.165, 1.54) is 12.1 Å². The molecular weight excluding hydrogens is 333 g/mol. The Morgan fingerprint density at radius 1 is 1.35 bits per heavy atom. The molecule has 10 heteroatoms. The number of nitrogens with zero attached hydrogens (tertiary/aromatic N) is 3. The number of alkyl halides is 3. The predicted octanol–water partition coefficient (Wildman–Crippen LogP) is 1.48. The van der Waals surface area contributed by atoms with Crippen LogP contribution in [-0.2, 0) is 16.2 Å². The van der Waals surface area contributed by atoms with Gasteiger partial charge in [-0.15, -0.1) is 0 Å². The van der Waals surface area contributed by atoms with Gasteiger partial charge >= 0.3 is 6.18 Å². The van der Waals surface area contributed by atoms with Gasteiger partial charge < -0.3 is 4.90 Å². The molecule has 0 bridgehead atoms. The first-order valence-electron chi connectivity index (χ1n) is 6.84. The van der Waals surface area contributed by atoms with Crippen molar-refractivity contribution in [1.82, 2.24) is 4.98 Å². The molecule has 6 nitrogen and oxygen atoms in total. The molecule has 2 N–H and O–H groups in total. The minimum absolute atomic E-state index is 0.0777. The lowest BCUT2D eigenvalue weighted by atomic mass is 9.99. The van der Waals surface area contributed by atoms with E-state index in [9.17, 15) is 21.6 Å². The van der Waals surface area contributed by atoms with Gasteiger partial charge in [0.2, 0.25) is 10.0 Å². The average molecular weight is 348 g/mol. The number of anilines is 1. The number of nitrogens with two attached hydrogens (primary N) is 1. The van der Waals surface area contributed by atoms with Gasteiger partial charge in [0, 0.05) is 13.1 Å². The number of hydrogen-bond donors (Lipinski definition) is 1. The highest BCUT2D eigenvalue weighted by atomic mass is 32.2. The Bertz CT molecular complexity index is 720. The summed E-state index contributed by atoms with van der Waals surface area (Å²) in [5.74, 6) is 0.0970. The molecule has 1 saturated heterocycles. The molecule has 2 rings (SSSR count). The first-order valence-corrected chi connectivity index (χ1v) is 8.55. The Hall–Kier alpha value is -1.86. The zero-order valence-corrected chi connectivity index (χ0v) is 12.9. The second-order valence-corrected chi connectivity index (χ2v) is 7.09. The number of primary sulfonamides is 1. The Morgan fingerprint density at radius 2 is 1.96 bits per heavy atom. The molecule has 126 valence electrons. The normalized spacial score (nSPS) is 17.1. The van der Waals surface area contributed by atoms with E-state index < -0.39 is 27.5 Å². The lowest BCUT2D eigenvalue weighted by Gasteiger charge is -2.32. The number of hydrogen-bond acceptors (Lipinski definition) is 5. The van der Waals surface area contributed by atoms with Crippen molar-refractivity contribution >= 4 is 15.8 Å². The van der Waals surface area contributed by atoms with Gasteiger partial charge in [-0.25, -0.2) is 18.5 Å². The van der Waals surface area contributed by atoms with Gasteiger partial charge in [0.05, 0.1) is 11.3 Å². The van der Waals surface area contributed by atoms with E-state index in [1.54, 1.807) is 4.90 Å². The Labute approximate surface area is 131 Å². The zero-order valence-electron chi connectivity index (χ0n) is 12.0. The van der Waals surface area contributed by atoms with Crippen LogP contribution >= 0.6 is 0 Å². The molecule has 1 fully saturated rings. The number of aromatic nitrogens is 1. The molecule has 23 heavy (non-hydrogen) atoms. The highest BCUT2D eigenvalue weighted by molar-refractivity contribution is 7.89. The van der Waals surface area contributed by atoms with Gasteiger partial charge in [-0.05, 0) is 30.9 Å². The highest BCUT2D eigenvalue weighted by Gasteiger charge is 2.35. The average Bonchev–Trinajstić information content (AvgIpc) is 2.44. The van der Waals surface area contributed by atoms with E-state index >= 15 is 0 Å². The summed E-state index contributed by atoms with van der Waals surface area (Å²) >= 11 is 0. The van der Waals surface area contributed by atoms with Gasteiger partial charge in [-0.1, -0.05) is 0 Å². The molecule has 0 atom stereocenters. The Balaban J connectivity index is 2.12. The summed E-state index contributed by atoms with van der Waals surface area (Å²) in [6.07, 6.45) is -3.54. The fourth-order valence-electron chi connectivity index (χ4n) is 2.60. The summed E-state index contributed by atoms with van der Waals surface area (Å²) in [7, 11) is -3.54. The SMILES string of the molecule is N#Cc1nc(N2CCC(CS(N)(=O)=O)CC2)ccc1C(F)(F)F. The van der Waals surface area contributed by atoms with Crippen LogP contribution in [0, 0.1) is 17.2 Å². The van der Waals surface area contributed by atoms with Crippen molar-refractivity contribution in [2.45, 2.75) is 19.0 Å². The van der Waals surface area contributed by atoms with Crippen molar-refractivity contribution in [1.29, 1.82) is 5.26 Å². The summed E-state index contributed by atoms with van der Waals surface area (Å²) in [6.45, 7) is 0.896. The third-order valence-electron chi connectivity index (χ3n) is 3.70. The van der Waals surface area contributed by atoms with Crippen molar-refractivity contribution in [3.8, 4) is 6.07 Å². The molecule has 1 aliphatic heterocycles. The van der Waals surface area contributed by atoms with E-state index in [1.807, 2.05) is 0 Å². The van der Waals surface area contributed by atoms with Crippen molar-refractivity contribution in [2.75, 3.05) is 23.7 Å². The summed E-state index contributed by atoms with van der Waals surface area (Å²) < 4.78 is 60.4. The Morgan fingerprint density at radius 3 is 2.43 bits per heavy atom. The molecule has 1 aromatic rings. The summed E-state index contributed by atoms with van der Waals surface area (Å²) in [4.78, 5) is 5.52. The lowest BCUT2D eigenvalue weighted by molar-refractivity contribution is -0.138. The number of rotatable bonds is 3. The molecule has 0 amide bonds. The van der Waals surface area contributed by atoms with E-state index in [-0.39, 0.29) is 17.5 Å². The van der Waals surface area contributed by atoms with Crippen molar-refractivity contribution in [3.05, 3.63) is 23.4 Å². The molecule has 2 heterocycles. The van der Waals surface area contributed by atoms with Gasteiger partial charge in [0.15, 0.2) is 5.69 Å². The predicted molar refractivity (Wildman–Crippen MR) is 76.9 cm³/mol. The number of halogens is 3. The topological polar surface area (TPSA) is 100 Å². The molecule has 0 saturated carbocycles. The van der Waals surface area contributed by atoms with Crippen LogP contribution in [0.1, 0.15) is 24.1 Å². The van der Waals surface area contributed by atoms with Crippen LogP contribution in [0.4, 0.5) is 19.0 Å². The van der Waals surface area contributed by atoms with Crippen molar-refractivity contribution in [2.24, 2.45) is 11.1 Å². The van der Waals surface area contributed by atoms with Crippen LogP contribution in [0.2, 0.25) is 0 Å². The fourth-order valence-corrected chi connectivity index (χ4v) is 3.59. The maximum atomic E-state index is 12.7. The van der Waals surface area contributed by atoms with Crippen molar-refractivity contribution < 1.29 is 21.6 Å². The molecule has 1 aliphatic rings. The first-order chi connectivity index (χ1) is 10.6. The van der Waals surface area contributed by atoms with Crippen LogP contribution < -0.4 is 10.0 Å². The largest absolute Gasteiger partial charge is 0.419 e. The van der Waals surface area contributed by atoms with Crippen LogP contribution in [0.25, 0.3) is 0 Å². The van der Waals surface area contributed by atoms with Crippen LogP contribution in [-0.4, -0.2) is 32.2 Å². The highest BCUT2D eigenvalue weighted by Crippen LogP contribution is 2.32. The second-order valence-electron chi connectivity index (χ2n) is 5.44. The molecule has 0 radical (unpaired) electrons. The van der Waals surface area contributed by atoms with Crippen LogP contribution in [0.15, 0.2) is 12.1 Å². The fraction of sp³-hybridized carbons (Fsp3) is 0.538. The van der Waals surface area contributed by atoms with E-state index in [2.05, 4.69) is 4.98 Å². The molecule has 0 aliphatic carbocycles. The van der Waals surface area contributed by atoms with Gasteiger partial charge in [0.1, 0.15) is 11.9 Å². The van der Waals surface area contributed by atoms with Crippen LogP contribution in [0.5, 0.6) is 0 Å². The monoisotopic (exact) mass is 348 g/mol. The van der Waals surface area contributed by atoms with E-state index in [0.717, 1.165) is 6.07 Å². The molecular formula is C13H15F3N4O2S. The van der Waals surface area contributed by atoms with Gasteiger partial charge in [-0.3, -0.25) is 0 Å². The van der Waals surface area contributed by atoms with Crippen molar-refractivity contribution in [3.63, 3.8) is 0 Å². The number of piperidine rings is 1. The quantitative estimate of drug-likeness (QED) is 0.892. The molecule has 0 unspecified atom stereocenters. The Kier molecular flexibility index (Phi) is 4.81. The van der Waals surface area contributed by atoms with Crippen LogP contribution in [0.3, 0.4) is 0 Å². The van der Waals surface area contributed by atoms with E-state index in [0.29, 0.717) is 25.9 Å². The second kappa shape index (κ2) is 6.33. The number of pyridine rings is 1. The third kappa shape index (κ3) is 4.56.